The molecule has 0 saturated heterocycles. The van der Waals surface area contributed by atoms with E-state index < -0.39 is 0 Å². The molecule has 3 heterocycles. The largest absolute Gasteiger partial charge is 0.328 e. The van der Waals surface area contributed by atoms with Gasteiger partial charge in [0.05, 0.1) is 18.4 Å². The van der Waals surface area contributed by atoms with Crippen molar-refractivity contribution in [1.29, 1.82) is 0 Å². The summed E-state index contributed by atoms with van der Waals surface area (Å²) in [4.78, 5) is 25.5. The third-order valence-corrected chi connectivity index (χ3v) is 4.55. The van der Waals surface area contributed by atoms with E-state index >= 15 is 0 Å². The van der Waals surface area contributed by atoms with Gasteiger partial charge in [0.2, 0.25) is 5.96 Å². The van der Waals surface area contributed by atoms with Crippen LogP contribution in [0.5, 0.6) is 0 Å². The Bertz CT molecular complexity index is 596. The number of nitrogens with zero attached hydrogens (tertiary/aromatic N) is 5. The number of rotatable bonds is 0. The molecule has 100 valence electrons. The highest BCUT2D eigenvalue weighted by atomic mass is 16.2. The lowest BCUT2D eigenvalue weighted by Crippen LogP contribution is -2.49. The lowest BCUT2D eigenvalue weighted by Gasteiger charge is -2.31. The predicted octanol–water partition coefficient (Wildman–Crippen LogP) is 0.994. The number of fused-ring (bicyclic) bond motifs is 3. The topological polar surface area (TPSA) is 53.7 Å². The van der Waals surface area contributed by atoms with E-state index in [9.17, 15) is 4.79 Å². The van der Waals surface area contributed by atoms with Crippen LogP contribution in [0.4, 0.5) is 5.82 Å². The van der Waals surface area contributed by atoms with E-state index in [1.165, 1.54) is 12.8 Å². The van der Waals surface area contributed by atoms with Gasteiger partial charge in [0.1, 0.15) is 0 Å². The monoisotopic (exact) mass is 259 g/mol. The van der Waals surface area contributed by atoms with Crippen LogP contribution in [0.1, 0.15) is 36.2 Å². The molecule has 0 bridgehead atoms. The molecule has 1 aliphatic carbocycles. The summed E-state index contributed by atoms with van der Waals surface area (Å²) in [6.45, 7) is 0.865. The molecule has 0 radical (unpaired) electrons. The Morgan fingerprint density at radius 1 is 1.26 bits per heavy atom. The maximum atomic E-state index is 12.4. The highest BCUT2D eigenvalue weighted by Crippen LogP contribution is 2.41. The van der Waals surface area contributed by atoms with Crippen molar-refractivity contribution in [2.45, 2.75) is 31.2 Å². The number of carbonyl (C=O) groups is 1. The smallest absolute Gasteiger partial charge is 0.280 e. The highest BCUT2D eigenvalue weighted by molar-refractivity contribution is 6.18. The standard InChI is InChI=1S/C13H17N5O/c1-16-8-14-10-9(16)11(19)17(2)12-15-13(7-18(10)12)5-3-4-6-13/h8H,3-7H2,1-2H3. The van der Waals surface area contributed by atoms with Gasteiger partial charge >= 0.3 is 0 Å². The average Bonchev–Trinajstić information content (AvgIpc) is 3.07. The summed E-state index contributed by atoms with van der Waals surface area (Å²) in [7, 11) is 3.67. The Hall–Kier alpha value is -1.85. The van der Waals surface area contributed by atoms with Crippen LogP contribution in [-0.4, -0.2) is 45.4 Å². The summed E-state index contributed by atoms with van der Waals surface area (Å²) in [5.74, 6) is 1.53. The van der Waals surface area contributed by atoms with E-state index in [0.717, 1.165) is 31.2 Å². The second-order valence-electron chi connectivity index (χ2n) is 5.82. The zero-order valence-corrected chi connectivity index (χ0v) is 11.3. The predicted molar refractivity (Wildman–Crippen MR) is 71.3 cm³/mol. The first-order valence-corrected chi connectivity index (χ1v) is 6.78. The number of anilines is 1. The summed E-state index contributed by atoms with van der Waals surface area (Å²) >= 11 is 0. The van der Waals surface area contributed by atoms with Gasteiger partial charge in [-0.1, -0.05) is 12.8 Å². The van der Waals surface area contributed by atoms with E-state index in [2.05, 4.69) is 9.88 Å². The van der Waals surface area contributed by atoms with Gasteiger partial charge < -0.3 is 4.57 Å². The fourth-order valence-corrected chi connectivity index (χ4v) is 3.51. The molecule has 1 amide bonds. The molecule has 1 fully saturated rings. The number of aliphatic imine (C=N–C) groups is 1. The summed E-state index contributed by atoms with van der Waals surface area (Å²) in [5, 5.41) is 0. The molecule has 1 spiro atoms. The van der Waals surface area contributed by atoms with Crippen molar-refractivity contribution in [2.24, 2.45) is 12.0 Å². The van der Waals surface area contributed by atoms with Crippen molar-refractivity contribution in [1.82, 2.24) is 14.5 Å². The second kappa shape index (κ2) is 3.37. The molecule has 6 nitrogen and oxygen atoms in total. The Morgan fingerprint density at radius 2 is 2.00 bits per heavy atom. The first kappa shape index (κ1) is 11.0. The Morgan fingerprint density at radius 3 is 2.74 bits per heavy atom. The van der Waals surface area contributed by atoms with E-state index in [1.807, 2.05) is 7.05 Å². The van der Waals surface area contributed by atoms with Gasteiger partial charge in [-0.15, -0.1) is 0 Å². The van der Waals surface area contributed by atoms with Gasteiger partial charge in [-0.2, -0.15) is 0 Å². The fraction of sp³-hybridized carbons (Fsp3) is 0.615. The lowest BCUT2D eigenvalue weighted by atomic mass is 9.99. The molecule has 19 heavy (non-hydrogen) atoms. The van der Waals surface area contributed by atoms with Crippen molar-refractivity contribution in [2.75, 3.05) is 18.5 Å². The quantitative estimate of drug-likeness (QED) is 0.698. The zero-order chi connectivity index (χ0) is 13.2. The van der Waals surface area contributed by atoms with Crippen molar-refractivity contribution < 1.29 is 4.79 Å². The summed E-state index contributed by atoms with van der Waals surface area (Å²) < 4.78 is 1.80. The van der Waals surface area contributed by atoms with Crippen LogP contribution in [0.3, 0.4) is 0 Å². The normalized spacial score (nSPS) is 23.9. The minimum Gasteiger partial charge on any atom is -0.328 e. The number of imidazole rings is 1. The van der Waals surface area contributed by atoms with Crippen LogP contribution >= 0.6 is 0 Å². The van der Waals surface area contributed by atoms with Crippen LogP contribution in [0.2, 0.25) is 0 Å². The molecule has 4 rings (SSSR count). The Labute approximate surface area is 111 Å². The van der Waals surface area contributed by atoms with E-state index in [1.54, 1.807) is 22.8 Å². The number of aromatic nitrogens is 2. The molecule has 3 aliphatic rings. The molecule has 1 aromatic rings. The van der Waals surface area contributed by atoms with Crippen LogP contribution in [-0.2, 0) is 7.05 Å². The number of hydrogen-bond donors (Lipinski definition) is 0. The molecule has 0 atom stereocenters. The summed E-state index contributed by atoms with van der Waals surface area (Å²) in [6.07, 6.45) is 6.42. The van der Waals surface area contributed by atoms with Crippen molar-refractivity contribution in [3.05, 3.63) is 12.0 Å². The molecular weight excluding hydrogens is 242 g/mol. The van der Waals surface area contributed by atoms with Crippen LogP contribution in [0, 0.1) is 0 Å². The second-order valence-corrected chi connectivity index (χ2v) is 5.82. The van der Waals surface area contributed by atoms with Gasteiger partial charge in [0.25, 0.3) is 5.91 Å². The molecule has 2 aliphatic heterocycles. The van der Waals surface area contributed by atoms with Crippen LogP contribution in [0.15, 0.2) is 11.3 Å². The van der Waals surface area contributed by atoms with E-state index in [0.29, 0.717) is 5.69 Å². The third-order valence-electron chi connectivity index (χ3n) is 4.55. The SMILES string of the molecule is CN1C(=O)c2c(ncn2C)N2CC3(CCCC3)N=C12. The van der Waals surface area contributed by atoms with Gasteiger partial charge in [-0.25, -0.2) is 9.98 Å². The number of amides is 1. The minimum atomic E-state index is -0.0138. The summed E-state index contributed by atoms with van der Waals surface area (Å²) in [6, 6.07) is 0. The summed E-state index contributed by atoms with van der Waals surface area (Å²) in [5.41, 5.74) is 0.680. The number of aryl methyl sites for hydroxylation is 1. The van der Waals surface area contributed by atoms with Crippen molar-refractivity contribution >= 4 is 17.7 Å². The molecule has 1 saturated carbocycles. The first-order valence-electron chi connectivity index (χ1n) is 6.78. The van der Waals surface area contributed by atoms with Crippen molar-refractivity contribution in [3.63, 3.8) is 0 Å². The first-order chi connectivity index (χ1) is 9.11. The molecule has 0 N–H and O–H groups in total. The minimum absolute atomic E-state index is 0.0138. The van der Waals surface area contributed by atoms with Gasteiger partial charge in [0.15, 0.2) is 11.5 Å². The zero-order valence-electron chi connectivity index (χ0n) is 11.3. The van der Waals surface area contributed by atoms with Crippen LogP contribution in [0.25, 0.3) is 0 Å². The molecule has 6 heteroatoms. The van der Waals surface area contributed by atoms with E-state index in [-0.39, 0.29) is 11.4 Å². The van der Waals surface area contributed by atoms with Gasteiger partial charge in [0, 0.05) is 14.1 Å². The number of hydrogen-bond acceptors (Lipinski definition) is 4. The Kier molecular flexibility index (Phi) is 1.96. The fourth-order valence-electron chi connectivity index (χ4n) is 3.51. The molecule has 0 unspecified atom stereocenters. The maximum absolute atomic E-state index is 12.4. The maximum Gasteiger partial charge on any atom is 0.280 e. The van der Waals surface area contributed by atoms with Gasteiger partial charge in [-0.3, -0.25) is 14.6 Å². The average molecular weight is 259 g/mol. The molecule has 1 aromatic heterocycles. The van der Waals surface area contributed by atoms with Crippen molar-refractivity contribution in [3.8, 4) is 0 Å². The van der Waals surface area contributed by atoms with Gasteiger partial charge in [-0.05, 0) is 12.8 Å². The van der Waals surface area contributed by atoms with Crippen LogP contribution < -0.4 is 4.90 Å². The molecular formula is C13H17N5O. The third kappa shape index (κ3) is 1.29. The number of carbonyl (C=O) groups excluding carboxylic acids is 1. The molecule has 0 aromatic carbocycles. The lowest BCUT2D eigenvalue weighted by molar-refractivity contribution is 0.0856. The van der Waals surface area contributed by atoms with E-state index in [4.69, 9.17) is 4.99 Å². The Balaban J connectivity index is 1.86. The number of guanidine groups is 1. The highest BCUT2D eigenvalue weighted by Gasteiger charge is 2.48.